The van der Waals surface area contributed by atoms with Crippen LogP contribution in [0.15, 0.2) is 24.3 Å². The summed E-state index contributed by atoms with van der Waals surface area (Å²) < 4.78 is 0. The van der Waals surface area contributed by atoms with Crippen LogP contribution in [0.4, 0.5) is 11.4 Å². The number of nitrogens with one attached hydrogen (secondary N) is 1. The minimum atomic E-state index is 0.102. The van der Waals surface area contributed by atoms with E-state index in [0.717, 1.165) is 17.9 Å². The summed E-state index contributed by atoms with van der Waals surface area (Å²) >= 11 is 0. The van der Waals surface area contributed by atoms with Crippen molar-refractivity contribution in [1.29, 1.82) is 0 Å². The largest absolute Gasteiger partial charge is 0.367 e. The maximum Gasteiger partial charge on any atom is 0.226 e. The predicted molar refractivity (Wildman–Crippen MR) is 62.2 cm³/mol. The molecule has 1 amide bonds. The van der Waals surface area contributed by atoms with E-state index in [0.29, 0.717) is 12.5 Å². The Hall–Kier alpha value is -1.51. The van der Waals surface area contributed by atoms with Gasteiger partial charge in [0.1, 0.15) is 0 Å². The molecule has 1 N–H and O–H groups in total. The number of anilines is 2. The van der Waals surface area contributed by atoms with Crippen molar-refractivity contribution >= 4 is 17.3 Å². The van der Waals surface area contributed by atoms with Gasteiger partial charge in [0, 0.05) is 19.0 Å². The van der Waals surface area contributed by atoms with Crippen LogP contribution in [0.25, 0.3) is 0 Å². The van der Waals surface area contributed by atoms with E-state index in [1.54, 1.807) is 0 Å². The summed E-state index contributed by atoms with van der Waals surface area (Å²) in [4.78, 5) is 13.7. The maximum atomic E-state index is 11.5. The van der Waals surface area contributed by atoms with Gasteiger partial charge in [0.25, 0.3) is 0 Å². The molecule has 80 valence electrons. The number of benzene rings is 1. The van der Waals surface area contributed by atoms with E-state index in [4.69, 9.17) is 0 Å². The van der Waals surface area contributed by atoms with E-state index >= 15 is 0 Å². The van der Waals surface area contributed by atoms with Gasteiger partial charge in [-0.05, 0) is 26.0 Å². The molecule has 1 aromatic rings. The Kier molecular flexibility index (Phi) is 2.62. The lowest BCUT2D eigenvalue weighted by molar-refractivity contribution is -0.115. The van der Waals surface area contributed by atoms with Crippen LogP contribution in [-0.2, 0) is 4.79 Å². The van der Waals surface area contributed by atoms with Gasteiger partial charge in [0.2, 0.25) is 5.91 Å². The molecule has 0 atom stereocenters. The number of carbonyl (C=O) groups is 1. The van der Waals surface area contributed by atoms with Crippen molar-refractivity contribution in [3.8, 4) is 0 Å². The molecule has 0 aliphatic carbocycles. The first kappa shape index (κ1) is 10.0. The number of rotatable bonds is 1. The van der Waals surface area contributed by atoms with Gasteiger partial charge in [0.05, 0.1) is 11.4 Å². The number of nitrogens with zero attached hydrogens (tertiary/aromatic N) is 1. The van der Waals surface area contributed by atoms with Gasteiger partial charge in [-0.2, -0.15) is 0 Å². The van der Waals surface area contributed by atoms with Crippen molar-refractivity contribution in [1.82, 2.24) is 0 Å². The highest BCUT2D eigenvalue weighted by atomic mass is 16.1. The molecule has 1 aromatic carbocycles. The molecule has 0 bridgehead atoms. The van der Waals surface area contributed by atoms with E-state index in [2.05, 4.69) is 30.1 Å². The summed E-state index contributed by atoms with van der Waals surface area (Å²) in [5.41, 5.74) is 2.05. The van der Waals surface area contributed by atoms with E-state index in [1.165, 1.54) is 0 Å². The van der Waals surface area contributed by atoms with Crippen molar-refractivity contribution in [3.05, 3.63) is 24.3 Å². The molecule has 0 fully saturated rings. The van der Waals surface area contributed by atoms with Crippen molar-refractivity contribution in [2.24, 2.45) is 0 Å². The third kappa shape index (κ3) is 1.96. The van der Waals surface area contributed by atoms with Crippen LogP contribution >= 0.6 is 0 Å². The first-order valence-electron chi connectivity index (χ1n) is 5.34. The van der Waals surface area contributed by atoms with Gasteiger partial charge in [-0.1, -0.05) is 12.1 Å². The average Bonchev–Trinajstić information content (AvgIpc) is 2.35. The number of hydrogen-bond acceptors (Lipinski definition) is 2. The van der Waals surface area contributed by atoms with Gasteiger partial charge in [-0.15, -0.1) is 0 Å². The Labute approximate surface area is 90.1 Å². The van der Waals surface area contributed by atoms with E-state index < -0.39 is 0 Å². The molecule has 0 aromatic heterocycles. The van der Waals surface area contributed by atoms with Crippen molar-refractivity contribution < 1.29 is 4.79 Å². The number of para-hydroxylation sites is 2. The van der Waals surface area contributed by atoms with E-state index in [-0.39, 0.29) is 5.91 Å². The molecular weight excluding hydrogens is 188 g/mol. The standard InChI is InChI=1S/C12H16N2O/c1-9(2)14-8-7-12(15)13-10-5-3-4-6-11(10)14/h3-6,9H,7-8H2,1-2H3,(H,13,15). The Bertz CT molecular complexity index is 374. The second kappa shape index (κ2) is 3.93. The SMILES string of the molecule is CC(C)N1CCC(=O)Nc2ccccc21. The van der Waals surface area contributed by atoms with Crippen LogP contribution in [0.1, 0.15) is 20.3 Å². The van der Waals surface area contributed by atoms with Crippen LogP contribution in [0.5, 0.6) is 0 Å². The fourth-order valence-corrected chi connectivity index (χ4v) is 1.92. The van der Waals surface area contributed by atoms with Gasteiger partial charge < -0.3 is 10.2 Å². The first-order chi connectivity index (χ1) is 7.18. The summed E-state index contributed by atoms with van der Waals surface area (Å²) in [6, 6.07) is 8.38. The molecule has 3 nitrogen and oxygen atoms in total. The third-order valence-corrected chi connectivity index (χ3v) is 2.69. The molecule has 0 saturated heterocycles. The zero-order chi connectivity index (χ0) is 10.8. The average molecular weight is 204 g/mol. The van der Waals surface area contributed by atoms with Crippen LogP contribution in [-0.4, -0.2) is 18.5 Å². The fourth-order valence-electron chi connectivity index (χ4n) is 1.92. The topological polar surface area (TPSA) is 32.3 Å². The second-order valence-electron chi connectivity index (χ2n) is 4.10. The highest BCUT2D eigenvalue weighted by molar-refractivity contribution is 5.96. The van der Waals surface area contributed by atoms with Crippen molar-refractivity contribution in [3.63, 3.8) is 0 Å². The molecule has 3 heteroatoms. The molecule has 0 saturated carbocycles. The number of carbonyl (C=O) groups excluding carboxylic acids is 1. The van der Waals surface area contributed by atoms with Crippen LogP contribution < -0.4 is 10.2 Å². The minimum absolute atomic E-state index is 0.102. The van der Waals surface area contributed by atoms with Crippen LogP contribution in [0.3, 0.4) is 0 Å². The molecule has 0 unspecified atom stereocenters. The summed E-state index contributed by atoms with van der Waals surface area (Å²) in [5.74, 6) is 0.102. The molecule has 1 aliphatic rings. The summed E-state index contributed by atoms with van der Waals surface area (Å²) in [5, 5.41) is 2.93. The summed E-state index contributed by atoms with van der Waals surface area (Å²) in [6.07, 6.45) is 0.562. The van der Waals surface area contributed by atoms with Crippen LogP contribution in [0, 0.1) is 0 Å². The third-order valence-electron chi connectivity index (χ3n) is 2.69. The fraction of sp³-hybridized carbons (Fsp3) is 0.417. The Morgan fingerprint density at radius 2 is 2.07 bits per heavy atom. The quantitative estimate of drug-likeness (QED) is 0.761. The predicted octanol–water partition coefficient (Wildman–Crippen LogP) is 2.24. The van der Waals surface area contributed by atoms with Gasteiger partial charge in [0.15, 0.2) is 0 Å². The number of hydrogen-bond donors (Lipinski definition) is 1. The lowest BCUT2D eigenvalue weighted by Crippen LogP contribution is -2.31. The highest BCUT2D eigenvalue weighted by Gasteiger charge is 2.19. The lowest BCUT2D eigenvalue weighted by Gasteiger charge is -2.28. The highest BCUT2D eigenvalue weighted by Crippen LogP contribution is 2.29. The summed E-state index contributed by atoms with van der Waals surface area (Å²) in [7, 11) is 0. The second-order valence-corrected chi connectivity index (χ2v) is 4.10. The van der Waals surface area contributed by atoms with Crippen molar-refractivity contribution in [2.45, 2.75) is 26.3 Å². The van der Waals surface area contributed by atoms with Gasteiger partial charge >= 0.3 is 0 Å². The van der Waals surface area contributed by atoms with Gasteiger partial charge in [-0.25, -0.2) is 0 Å². The smallest absolute Gasteiger partial charge is 0.226 e. The molecule has 15 heavy (non-hydrogen) atoms. The molecular formula is C12H16N2O. The molecule has 1 aliphatic heterocycles. The first-order valence-corrected chi connectivity index (χ1v) is 5.34. The number of amides is 1. The monoisotopic (exact) mass is 204 g/mol. The molecule has 0 spiro atoms. The Morgan fingerprint density at radius 3 is 2.80 bits per heavy atom. The lowest BCUT2D eigenvalue weighted by atomic mass is 10.2. The normalized spacial score (nSPS) is 15.9. The summed E-state index contributed by atoms with van der Waals surface area (Å²) in [6.45, 7) is 5.08. The van der Waals surface area contributed by atoms with Crippen molar-refractivity contribution in [2.75, 3.05) is 16.8 Å². The molecule has 0 radical (unpaired) electrons. The minimum Gasteiger partial charge on any atom is -0.367 e. The Morgan fingerprint density at radius 1 is 1.33 bits per heavy atom. The zero-order valence-corrected chi connectivity index (χ0v) is 9.16. The number of fused-ring (bicyclic) bond motifs is 1. The van der Waals surface area contributed by atoms with E-state index in [9.17, 15) is 4.79 Å². The maximum absolute atomic E-state index is 11.5. The van der Waals surface area contributed by atoms with E-state index in [1.807, 2.05) is 18.2 Å². The Balaban J connectivity index is 2.42. The van der Waals surface area contributed by atoms with Gasteiger partial charge in [-0.3, -0.25) is 4.79 Å². The zero-order valence-electron chi connectivity index (χ0n) is 9.16. The van der Waals surface area contributed by atoms with Crippen LogP contribution in [0.2, 0.25) is 0 Å². The molecule has 1 heterocycles. The molecule has 2 rings (SSSR count).